The highest BCUT2D eigenvalue weighted by Crippen LogP contribution is 2.39. The van der Waals surface area contributed by atoms with Crippen molar-refractivity contribution in [2.75, 3.05) is 16.8 Å². The number of esters is 1. The Morgan fingerprint density at radius 3 is 2.27 bits per heavy atom. The number of benzene rings is 2. The summed E-state index contributed by atoms with van der Waals surface area (Å²) >= 11 is 0. The van der Waals surface area contributed by atoms with E-state index in [0.717, 1.165) is 18.4 Å². The van der Waals surface area contributed by atoms with Crippen molar-refractivity contribution < 1.29 is 23.9 Å². The number of anilines is 2. The molecule has 0 aromatic heterocycles. The van der Waals surface area contributed by atoms with Gasteiger partial charge in [-0.25, -0.2) is 4.79 Å². The van der Waals surface area contributed by atoms with Crippen molar-refractivity contribution in [1.29, 1.82) is 0 Å². The number of carbonyl (C=O) groups excluding carboxylic acids is 4. The van der Waals surface area contributed by atoms with Gasteiger partial charge in [0, 0.05) is 11.3 Å². The number of unbranched alkanes of at least 4 members (excludes halogenated alkanes) is 7. The van der Waals surface area contributed by atoms with Crippen LogP contribution in [0.5, 0.6) is 0 Å². The first-order valence-electron chi connectivity index (χ1n) is 14.6. The molecule has 40 heavy (non-hydrogen) atoms. The molecule has 1 saturated heterocycles. The molecule has 0 radical (unpaired) electrons. The van der Waals surface area contributed by atoms with Crippen molar-refractivity contribution in [1.82, 2.24) is 0 Å². The van der Waals surface area contributed by atoms with E-state index < -0.39 is 0 Å². The van der Waals surface area contributed by atoms with Gasteiger partial charge in [0.1, 0.15) is 0 Å². The summed E-state index contributed by atoms with van der Waals surface area (Å²) in [5.74, 6) is -1.83. The molecule has 1 aliphatic heterocycles. The number of allylic oxidation sites excluding steroid dienone is 2. The second-order valence-electron chi connectivity index (χ2n) is 10.9. The van der Waals surface area contributed by atoms with Crippen LogP contribution in [-0.4, -0.2) is 30.3 Å². The van der Waals surface area contributed by atoms with Gasteiger partial charge < -0.3 is 10.1 Å². The predicted molar refractivity (Wildman–Crippen MR) is 156 cm³/mol. The maximum Gasteiger partial charge on any atom is 0.338 e. The van der Waals surface area contributed by atoms with E-state index in [1.54, 1.807) is 48.5 Å². The fraction of sp³-hybridized carbons (Fsp3) is 0.455. The molecular weight excluding hydrogens is 504 g/mol. The number of imide groups is 1. The third-order valence-electron chi connectivity index (χ3n) is 7.80. The highest BCUT2D eigenvalue weighted by molar-refractivity contribution is 6.22. The number of rotatable bonds is 13. The van der Waals surface area contributed by atoms with E-state index >= 15 is 0 Å². The average molecular weight is 545 g/mol. The molecule has 1 aliphatic carbocycles. The number of nitrogens with one attached hydrogen (secondary N) is 1. The molecule has 3 amide bonds. The molecule has 0 saturated carbocycles. The Bertz CT molecular complexity index is 1250. The molecule has 7 heteroatoms. The molecule has 2 aliphatic rings. The van der Waals surface area contributed by atoms with Crippen molar-refractivity contribution in [2.45, 2.75) is 78.1 Å². The lowest BCUT2D eigenvalue weighted by atomic mass is 9.82. The van der Waals surface area contributed by atoms with Gasteiger partial charge >= 0.3 is 5.97 Å². The minimum absolute atomic E-state index is 0.204. The fourth-order valence-electron chi connectivity index (χ4n) is 5.46. The molecule has 2 aromatic carbocycles. The summed E-state index contributed by atoms with van der Waals surface area (Å²) < 4.78 is 5.39. The Labute approximate surface area is 237 Å². The molecule has 0 spiro atoms. The smallest absolute Gasteiger partial charge is 0.338 e. The van der Waals surface area contributed by atoms with Gasteiger partial charge in [-0.1, -0.05) is 69.6 Å². The van der Waals surface area contributed by atoms with Gasteiger partial charge in [0.15, 0.2) is 0 Å². The van der Waals surface area contributed by atoms with Crippen LogP contribution in [0.2, 0.25) is 0 Å². The molecule has 212 valence electrons. The highest BCUT2D eigenvalue weighted by Gasteiger charge is 2.48. The Morgan fingerprint density at radius 1 is 0.875 bits per heavy atom. The highest BCUT2D eigenvalue weighted by atomic mass is 16.5. The van der Waals surface area contributed by atoms with Crippen LogP contribution < -0.4 is 10.2 Å². The number of hydrogen-bond donors (Lipinski definition) is 1. The zero-order chi connectivity index (χ0) is 28.5. The number of nitrogens with zero attached hydrogens (tertiary/aromatic N) is 1. The minimum atomic E-state index is -0.376. The largest absolute Gasteiger partial charge is 0.462 e. The SMILES string of the molecule is CCCCCCCCCCOC(=O)c1ccc(NC(=O)c2cccc(N3C(=O)[C@H]4CC=C(C)C[C@@H]4C3=O)c2)cc1. The summed E-state index contributed by atoms with van der Waals surface area (Å²) in [6.07, 6.45) is 12.6. The van der Waals surface area contributed by atoms with Crippen LogP contribution >= 0.6 is 0 Å². The zero-order valence-corrected chi connectivity index (χ0v) is 23.6. The average Bonchev–Trinajstić information content (AvgIpc) is 3.21. The zero-order valence-electron chi connectivity index (χ0n) is 23.6. The number of ether oxygens (including phenoxy) is 1. The van der Waals surface area contributed by atoms with Crippen molar-refractivity contribution in [2.24, 2.45) is 11.8 Å². The van der Waals surface area contributed by atoms with E-state index in [0.29, 0.717) is 42.0 Å². The van der Waals surface area contributed by atoms with Crippen LogP contribution in [0, 0.1) is 11.8 Å². The summed E-state index contributed by atoms with van der Waals surface area (Å²) in [6, 6.07) is 13.1. The Hall–Kier alpha value is -3.74. The van der Waals surface area contributed by atoms with Gasteiger partial charge in [0.2, 0.25) is 11.8 Å². The van der Waals surface area contributed by atoms with Crippen molar-refractivity contribution in [3.05, 3.63) is 71.3 Å². The summed E-state index contributed by atoms with van der Waals surface area (Å²) in [6.45, 7) is 4.60. The Kier molecular flexibility index (Phi) is 10.3. The quantitative estimate of drug-likeness (QED) is 0.126. The van der Waals surface area contributed by atoms with Gasteiger partial charge in [-0.05, 0) is 68.7 Å². The molecule has 2 atom stereocenters. The lowest BCUT2D eigenvalue weighted by molar-refractivity contribution is -0.122. The van der Waals surface area contributed by atoms with Crippen molar-refractivity contribution in [3.63, 3.8) is 0 Å². The normalized spacial score (nSPS) is 18.4. The molecule has 1 fully saturated rings. The monoisotopic (exact) mass is 544 g/mol. The molecule has 2 aromatic rings. The summed E-state index contributed by atoms with van der Waals surface area (Å²) in [7, 11) is 0. The third-order valence-corrected chi connectivity index (χ3v) is 7.80. The minimum Gasteiger partial charge on any atom is -0.462 e. The summed E-state index contributed by atoms with van der Waals surface area (Å²) in [4.78, 5) is 52.6. The lowest BCUT2D eigenvalue weighted by Gasteiger charge is -2.18. The van der Waals surface area contributed by atoms with Gasteiger partial charge in [0.25, 0.3) is 5.91 Å². The van der Waals surface area contributed by atoms with Crippen molar-refractivity contribution >= 4 is 35.1 Å². The van der Waals surface area contributed by atoms with Gasteiger partial charge in [-0.2, -0.15) is 0 Å². The van der Waals surface area contributed by atoms with E-state index in [-0.39, 0.29) is 35.5 Å². The van der Waals surface area contributed by atoms with E-state index in [9.17, 15) is 19.2 Å². The van der Waals surface area contributed by atoms with Gasteiger partial charge in [0.05, 0.1) is 29.7 Å². The molecule has 0 unspecified atom stereocenters. The third kappa shape index (κ3) is 7.26. The van der Waals surface area contributed by atoms with Gasteiger partial charge in [-0.3, -0.25) is 19.3 Å². The summed E-state index contributed by atoms with van der Waals surface area (Å²) in [5.41, 5.74) is 2.81. The van der Waals surface area contributed by atoms with Crippen LogP contribution in [0.25, 0.3) is 0 Å². The molecule has 1 N–H and O–H groups in total. The van der Waals surface area contributed by atoms with Crippen LogP contribution in [0.15, 0.2) is 60.2 Å². The molecular formula is C33H40N2O5. The molecule has 7 nitrogen and oxygen atoms in total. The number of amides is 3. The number of carbonyl (C=O) groups is 4. The van der Waals surface area contributed by atoms with Crippen molar-refractivity contribution in [3.8, 4) is 0 Å². The molecule has 4 rings (SSSR count). The van der Waals surface area contributed by atoms with Crippen LogP contribution in [0.4, 0.5) is 11.4 Å². The maximum atomic E-state index is 13.1. The van der Waals surface area contributed by atoms with Crippen LogP contribution in [-0.2, 0) is 14.3 Å². The number of hydrogen-bond acceptors (Lipinski definition) is 5. The van der Waals surface area contributed by atoms with Crippen LogP contribution in [0.1, 0.15) is 98.8 Å². The maximum absolute atomic E-state index is 13.1. The standard InChI is InChI=1S/C33H40N2O5/c1-3-4-5-6-7-8-9-10-20-40-33(39)24-15-17-26(18-16-24)34-30(36)25-12-11-13-27(22-25)35-31(37)28-19-14-23(2)21-29(28)32(35)38/h11-18,22,28-29H,3-10,19-21H2,1-2H3,(H,34,36)/t28-,29-/m0/s1. The first-order valence-corrected chi connectivity index (χ1v) is 14.6. The summed E-state index contributed by atoms with van der Waals surface area (Å²) in [5, 5.41) is 2.82. The Balaban J connectivity index is 1.26. The second kappa shape index (κ2) is 14.1. The topological polar surface area (TPSA) is 92.8 Å². The fourth-order valence-corrected chi connectivity index (χ4v) is 5.46. The van der Waals surface area contributed by atoms with E-state index in [1.165, 1.54) is 43.4 Å². The molecule has 1 heterocycles. The first kappa shape index (κ1) is 29.2. The van der Waals surface area contributed by atoms with E-state index in [1.807, 2.05) is 13.0 Å². The van der Waals surface area contributed by atoms with Crippen LogP contribution in [0.3, 0.4) is 0 Å². The second-order valence-corrected chi connectivity index (χ2v) is 10.9. The van der Waals surface area contributed by atoms with E-state index in [4.69, 9.17) is 4.74 Å². The molecule has 0 bridgehead atoms. The lowest BCUT2D eigenvalue weighted by Crippen LogP contribution is -2.31. The predicted octanol–water partition coefficient (Wildman–Crippen LogP) is 7.08. The number of fused-ring (bicyclic) bond motifs is 1. The van der Waals surface area contributed by atoms with E-state index in [2.05, 4.69) is 12.2 Å². The Morgan fingerprint density at radius 2 is 1.55 bits per heavy atom. The van der Waals surface area contributed by atoms with Gasteiger partial charge in [-0.15, -0.1) is 0 Å². The first-order chi connectivity index (χ1) is 19.4.